The summed E-state index contributed by atoms with van der Waals surface area (Å²) in [5.41, 5.74) is 1.65. The van der Waals surface area contributed by atoms with Crippen molar-refractivity contribution in [3.05, 3.63) is 40.8 Å². The summed E-state index contributed by atoms with van der Waals surface area (Å²) in [6.45, 7) is 3.92. The number of fused-ring (bicyclic) bond motifs is 1. The van der Waals surface area contributed by atoms with Crippen molar-refractivity contribution in [3.63, 3.8) is 0 Å². The van der Waals surface area contributed by atoms with Gasteiger partial charge in [0.25, 0.3) is 0 Å². The first-order chi connectivity index (χ1) is 13.2. The van der Waals surface area contributed by atoms with E-state index in [0.717, 1.165) is 36.4 Å². The van der Waals surface area contributed by atoms with E-state index in [-0.39, 0.29) is 18.0 Å². The molecule has 4 rings (SSSR count). The molecule has 2 unspecified atom stereocenters. The fourth-order valence-corrected chi connectivity index (χ4v) is 4.48. The van der Waals surface area contributed by atoms with Gasteiger partial charge < -0.3 is 14.8 Å². The van der Waals surface area contributed by atoms with Gasteiger partial charge >= 0.3 is 0 Å². The van der Waals surface area contributed by atoms with Gasteiger partial charge in [0.05, 0.1) is 11.6 Å². The third-order valence-electron chi connectivity index (χ3n) is 5.14. The van der Waals surface area contributed by atoms with Gasteiger partial charge in [0.2, 0.25) is 5.91 Å². The zero-order chi connectivity index (χ0) is 18.8. The van der Waals surface area contributed by atoms with Gasteiger partial charge in [-0.25, -0.2) is 0 Å². The summed E-state index contributed by atoms with van der Waals surface area (Å²) in [6.07, 6.45) is 2.04. The minimum Gasteiger partial charge on any atom is -0.486 e. The fourth-order valence-electron chi connectivity index (χ4n) is 3.74. The standard InChI is InChI=1S/C20H21N3O3S/c1-13(19(24)22-20-15(12-21)6-10-27-20)23-7-2-3-16(23)14-4-5-17-18(11-14)26-9-8-25-17/h4-6,10-11,13,16H,2-3,7-9H2,1H3,(H,22,24). The summed E-state index contributed by atoms with van der Waals surface area (Å²) < 4.78 is 11.3. The lowest BCUT2D eigenvalue weighted by atomic mass is 10.0. The van der Waals surface area contributed by atoms with Gasteiger partial charge in [0.1, 0.15) is 24.3 Å². The highest BCUT2D eigenvalue weighted by Gasteiger charge is 2.34. The fraction of sp³-hybridized carbons (Fsp3) is 0.400. The second-order valence-electron chi connectivity index (χ2n) is 6.74. The molecular formula is C20H21N3O3S. The van der Waals surface area contributed by atoms with E-state index in [0.29, 0.717) is 23.8 Å². The van der Waals surface area contributed by atoms with E-state index < -0.39 is 0 Å². The third-order valence-corrected chi connectivity index (χ3v) is 5.97. The number of benzene rings is 1. The number of carbonyl (C=O) groups excluding carboxylic acids is 1. The number of hydrogen-bond acceptors (Lipinski definition) is 6. The molecule has 3 heterocycles. The van der Waals surface area contributed by atoms with Gasteiger partial charge in [-0.3, -0.25) is 9.69 Å². The number of anilines is 1. The molecule has 6 nitrogen and oxygen atoms in total. The lowest BCUT2D eigenvalue weighted by Crippen LogP contribution is -2.41. The summed E-state index contributed by atoms with van der Waals surface area (Å²) in [5.74, 6) is 1.47. The zero-order valence-electron chi connectivity index (χ0n) is 15.1. The Bertz CT molecular complexity index is 889. The molecule has 7 heteroatoms. The van der Waals surface area contributed by atoms with E-state index in [2.05, 4.69) is 22.4 Å². The SMILES string of the molecule is CC(C(=O)Nc1sccc1C#N)N1CCCC1c1ccc2c(c1)OCCO2. The molecule has 1 aromatic carbocycles. The summed E-state index contributed by atoms with van der Waals surface area (Å²) in [6, 6.07) is 9.76. The second-order valence-corrected chi connectivity index (χ2v) is 7.66. The number of likely N-dealkylation sites (tertiary alicyclic amines) is 1. The topological polar surface area (TPSA) is 74.6 Å². The van der Waals surface area contributed by atoms with Crippen molar-refractivity contribution in [2.45, 2.75) is 31.8 Å². The molecule has 1 amide bonds. The maximum atomic E-state index is 12.8. The smallest absolute Gasteiger partial charge is 0.242 e. The Morgan fingerprint density at radius 3 is 2.96 bits per heavy atom. The molecule has 2 aliphatic rings. The maximum absolute atomic E-state index is 12.8. The van der Waals surface area contributed by atoms with Gasteiger partial charge in [0, 0.05) is 6.04 Å². The Kier molecular flexibility index (Phi) is 5.01. The van der Waals surface area contributed by atoms with Crippen molar-refractivity contribution in [2.75, 3.05) is 25.1 Å². The molecule has 0 spiro atoms. The van der Waals surface area contributed by atoms with E-state index in [4.69, 9.17) is 14.7 Å². The van der Waals surface area contributed by atoms with Gasteiger partial charge in [-0.2, -0.15) is 5.26 Å². The highest BCUT2D eigenvalue weighted by molar-refractivity contribution is 7.14. The summed E-state index contributed by atoms with van der Waals surface area (Å²) >= 11 is 1.37. The van der Waals surface area contributed by atoms with Crippen LogP contribution in [-0.2, 0) is 4.79 Å². The molecular weight excluding hydrogens is 362 g/mol. The number of nitrogens with zero attached hydrogens (tertiary/aromatic N) is 2. The average Bonchev–Trinajstić information content (AvgIpc) is 3.36. The van der Waals surface area contributed by atoms with Gasteiger partial charge in [-0.1, -0.05) is 6.07 Å². The molecule has 27 heavy (non-hydrogen) atoms. The summed E-state index contributed by atoms with van der Waals surface area (Å²) in [7, 11) is 0. The van der Waals surface area contributed by atoms with Crippen LogP contribution in [0.5, 0.6) is 11.5 Å². The van der Waals surface area contributed by atoms with E-state index in [1.165, 1.54) is 11.3 Å². The Morgan fingerprint density at radius 2 is 2.15 bits per heavy atom. The van der Waals surface area contributed by atoms with Crippen LogP contribution in [0.25, 0.3) is 0 Å². The van der Waals surface area contributed by atoms with Crippen LogP contribution in [0.1, 0.15) is 36.9 Å². The van der Waals surface area contributed by atoms with E-state index >= 15 is 0 Å². The Balaban J connectivity index is 1.50. The minimum absolute atomic E-state index is 0.0848. The van der Waals surface area contributed by atoms with Crippen molar-refractivity contribution < 1.29 is 14.3 Å². The van der Waals surface area contributed by atoms with Crippen LogP contribution in [0.3, 0.4) is 0 Å². The number of hydrogen-bond donors (Lipinski definition) is 1. The number of nitriles is 1. The molecule has 0 aliphatic carbocycles. The summed E-state index contributed by atoms with van der Waals surface area (Å²) in [5, 5.41) is 14.5. The van der Waals surface area contributed by atoms with Gasteiger partial charge in [0.15, 0.2) is 11.5 Å². The third kappa shape index (κ3) is 3.51. The average molecular weight is 383 g/mol. The second kappa shape index (κ2) is 7.59. The number of carbonyl (C=O) groups is 1. The van der Waals surface area contributed by atoms with Gasteiger partial charge in [-0.15, -0.1) is 11.3 Å². The minimum atomic E-state index is -0.292. The molecule has 0 saturated carbocycles. The molecule has 0 bridgehead atoms. The zero-order valence-corrected chi connectivity index (χ0v) is 15.9. The van der Waals surface area contributed by atoms with Gasteiger partial charge in [-0.05, 0) is 55.5 Å². The first kappa shape index (κ1) is 17.8. The Hall–Kier alpha value is -2.56. The lowest BCUT2D eigenvalue weighted by Gasteiger charge is -2.30. The largest absolute Gasteiger partial charge is 0.486 e. The van der Waals surface area contributed by atoms with Crippen LogP contribution >= 0.6 is 11.3 Å². The maximum Gasteiger partial charge on any atom is 0.242 e. The van der Waals surface area contributed by atoms with Crippen LogP contribution in [-0.4, -0.2) is 36.6 Å². The molecule has 2 atom stereocenters. The summed E-state index contributed by atoms with van der Waals surface area (Å²) in [4.78, 5) is 15.0. The predicted molar refractivity (Wildman–Crippen MR) is 103 cm³/mol. The molecule has 2 aliphatic heterocycles. The van der Waals surface area contributed by atoms with Crippen molar-refractivity contribution in [1.29, 1.82) is 5.26 Å². The van der Waals surface area contributed by atoms with Crippen LogP contribution in [0, 0.1) is 11.3 Å². The molecule has 1 N–H and O–H groups in total. The Morgan fingerprint density at radius 1 is 1.33 bits per heavy atom. The Labute approximate surface area is 162 Å². The quantitative estimate of drug-likeness (QED) is 0.874. The number of thiophene rings is 1. The molecule has 140 valence electrons. The van der Waals surface area contributed by atoms with Crippen molar-refractivity contribution in [2.24, 2.45) is 0 Å². The number of amides is 1. The number of nitrogens with one attached hydrogen (secondary N) is 1. The molecule has 1 aromatic heterocycles. The van der Waals surface area contributed by atoms with Crippen LogP contribution in [0.4, 0.5) is 5.00 Å². The number of ether oxygens (including phenoxy) is 2. The van der Waals surface area contributed by atoms with Crippen molar-refractivity contribution in [1.82, 2.24) is 4.90 Å². The molecule has 2 aromatic rings. The normalized spacial score (nSPS) is 20.1. The van der Waals surface area contributed by atoms with Crippen LogP contribution in [0.2, 0.25) is 0 Å². The van der Waals surface area contributed by atoms with E-state index in [9.17, 15) is 4.79 Å². The highest BCUT2D eigenvalue weighted by Crippen LogP contribution is 2.39. The monoisotopic (exact) mass is 383 g/mol. The lowest BCUT2D eigenvalue weighted by molar-refractivity contribution is -0.121. The van der Waals surface area contributed by atoms with E-state index in [1.54, 1.807) is 6.07 Å². The highest BCUT2D eigenvalue weighted by atomic mass is 32.1. The first-order valence-corrected chi connectivity index (χ1v) is 9.99. The molecule has 1 saturated heterocycles. The van der Waals surface area contributed by atoms with Crippen LogP contribution in [0.15, 0.2) is 29.6 Å². The van der Waals surface area contributed by atoms with E-state index in [1.807, 2.05) is 24.4 Å². The molecule has 0 radical (unpaired) electrons. The van der Waals surface area contributed by atoms with Crippen LogP contribution < -0.4 is 14.8 Å². The van der Waals surface area contributed by atoms with Crippen molar-refractivity contribution >= 4 is 22.2 Å². The number of rotatable bonds is 4. The molecule has 1 fully saturated rings. The first-order valence-electron chi connectivity index (χ1n) is 9.11. The van der Waals surface area contributed by atoms with Crippen molar-refractivity contribution in [3.8, 4) is 17.6 Å². The predicted octanol–water partition coefficient (Wildman–Crippen LogP) is 3.56.